The molecule has 2 fully saturated rings. The van der Waals surface area contributed by atoms with Gasteiger partial charge in [-0.2, -0.15) is 0 Å². The van der Waals surface area contributed by atoms with Crippen LogP contribution in [-0.4, -0.2) is 47.9 Å². The number of halogens is 1. The summed E-state index contributed by atoms with van der Waals surface area (Å²) in [6, 6.07) is 8.05. The summed E-state index contributed by atoms with van der Waals surface area (Å²) in [7, 11) is 0. The Morgan fingerprint density at radius 1 is 1.09 bits per heavy atom. The lowest BCUT2D eigenvalue weighted by molar-refractivity contribution is -0.151. The fraction of sp³-hybridized carbons (Fsp3) is 0.480. The van der Waals surface area contributed by atoms with Crippen molar-refractivity contribution in [3.05, 3.63) is 58.0 Å². The van der Waals surface area contributed by atoms with Crippen LogP contribution >= 0.6 is 11.3 Å². The van der Waals surface area contributed by atoms with Gasteiger partial charge in [0, 0.05) is 24.1 Å². The van der Waals surface area contributed by atoms with E-state index in [1.165, 1.54) is 40.5 Å². The molecule has 182 valence electrons. The topological polar surface area (TPSA) is 87.7 Å². The van der Waals surface area contributed by atoms with Gasteiger partial charge in [-0.05, 0) is 54.8 Å². The van der Waals surface area contributed by atoms with Crippen molar-refractivity contribution in [3.63, 3.8) is 0 Å². The molecule has 2 N–H and O–H groups in total. The third-order valence-electron chi connectivity index (χ3n) is 6.33. The highest BCUT2D eigenvalue weighted by Crippen LogP contribution is 2.26. The average Bonchev–Trinajstić information content (AvgIpc) is 3.62. The van der Waals surface area contributed by atoms with E-state index in [0.717, 1.165) is 43.4 Å². The monoisotopic (exact) mass is 487 g/mol. The molecule has 7 nitrogen and oxygen atoms in total. The minimum atomic E-state index is -1.09. The molecule has 0 unspecified atom stereocenters. The summed E-state index contributed by atoms with van der Waals surface area (Å²) in [5.74, 6) is -2.37. The number of nitrogens with one attached hydrogen (secondary N) is 2. The highest BCUT2D eigenvalue weighted by atomic mass is 32.1. The second kappa shape index (κ2) is 11.6. The number of rotatable bonds is 8. The maximum Gasteiger partial charge on any atom is 0.313 e. The van der Waals surface area contributed by atoms with E-state index in [2.05, 4.69) is 10.6 Å². The van der Waals surface area contributed by atoms with Gasteiger partial charge in [-0.1, -0.05) is 31.0 Å². The van der Waals surface area contributed by atoms with Crippen LogP contribution in [0.3, 0.4) is 0 Å². The van der Waals surface area contributed by atoms with Crippen LogP contribution < -0.4 is 10.6 Å². The van der Waals surface area contributed by atoms with Crippen molar-refractivity contribution < 1.29 is 23.5 Å². The van der Waals surface area contributed by atoms with Crippen LogP contribution in [-0.2, 0) is 25.7 Å². The van der Waals surface area contributed by atoms with Crippen LogP contribution in [0.2, 0.25) is 0 Å². The van der Waals surface area contributed by atoms with Crippen molar-refractivity contribution in [1.29, 1.82) is 0 Å². The molecule has 1 saturated heterocycles. The van der Waals surface area contributed by atoms with E-state index in [4.69, 9.17) is 4.74 Å². The molecule has 0 spiro atoms. The molecular weight excluding hydrogens is 457 g/mol. The highest BCUT2D eigenvalue weighted by Gasteiger charge is 2.36. The third-order valence-corrected chi connectivity index (χ3v) is 7.19. The number of benzene rings is 1. The molecule has 0 radical (unpaired) electrons. The van der Waals surface area contributed by atoms with Gasteiger partial charge in [0.1, 0.15) is 11.9 Å². The summed E-state index contributed by atoms with van der Waals surface area (Å²) in [5.41, 5.74) is 0.435. The maximum atomic E-state index is 13.7. The Bertz CT molecular complexity index is 971. The third kappa shape index (κ3) is 6.21. The second-order valence-corrected chi connectivity index (χ2v) is 9.83. The Morgan fingerprint density at radius 2 is 1.85 bits per heavy atom. The van der Waals surface area contributed by atoms with Crippen molar-refractivity contribution in [3.8, 4) is 0 Å². The lowest BCUT2D eigenvalue weighted by Crippen LogP contribution is -2.50. The Kier molecular flexibility index (Phi) is 8.29. The lowest BCUT2D eigenvalue weighted by Gasteiger charge is -2.31. The molecule has 1 aromatic heterocycles. The van der Waals surface area contributed by atoms with Crippen molar-refractivity contribution in [2.45, 2.75) is 63.3 Å². The van der Waals surface area contributed by atoms with Gasteiger partial charge in [-0.3, -0.25) is 14.4 Å². The number of thiophene rings is 1. The number of hydrogen-bond donors (Lipinski definition) is 2. The van der Waals surface area contributed by atoms with Gasteiger partial charge < -0.3 is 20.3 Å². The SMILES string of the molecule is O=C(NC1CCCC1)C(=O)N(Cc1cccs1)[C@H](C(=O)NC[C@@H]1CCCO1)c1ccc(F)cc1. The van der Waals surface area contributed by atoms with Crippen LogP contribution in [0.4, 0.5) is 4.39 Å². The Balaban J connectivity index is 1.61. The number of hydrogen-bond acceptors (Lipinski definition) is 5. The lowest BCUT2D eigenvalue weighted by atomic mass is 10.0. The quantitative estimate of drug-likeness (QED) is 0.560. The molecule has 3 amide bonds. The zero-order valence-corrected chi connectivity index (χ0v) is 19.8. The first-order valence-corrected chi connectivity index (χ1v) is 12.7. The molecule has 4 rings (SSSR count). The molecule has 9 heteroatoms. The molecule has 1 aromatic carbocycles. The number of amides is 3. The summed E-state index contributed by atoms with van der Waals surface area (Å²) in [6.07, 6.45) is 5.42. The van der Waals surface area contributed by atoms with Crippen LogP contribution in [0.25, 0.3) is 0 Å². The fourth-order valence-corrected chi connectivity index (χ4v) is 5.24. The number of ether oxygens (including phenoxy) is 1. The highest BCUT2D eigenvalue weighted by molar-refractivity contribution is 7.09. The summed E-state index contributed by atoms with van der Waals surface area (Å²) in [6.45, 7) is 1.06. The van der Waals surface area contributed by atoms with Crippen molar-refractivity contribution in [1.82, 2.24) is 15.5 Å². The summed E-state index contributed by atoms with van der Waals surface area (Å²) < 4.78 is 19.3. The fourth-order valence-electron chi connectivity index (χ4n) is 4.53. The molecule has 2 aliphatic rings. The minimum absolute atomic E-state index is 0.0300. The molecule has 2 atom stereocenters. The molecule has 1 aliphatic heterocycles. The van der Waals surface area contributed by atoms with Gasteiger partial charge in [-0.15, -0.1) is 11.3 Å². The van der Waals surface area contributed by atoms with Crippen LogP contribution in [0, 0.1) is 5.82 Å². The van der Waals surface area contributed by atoms with Gasteiger partial charge in [0.2, 0.25) is 5.91 Å². The largest absolute Gasteiger partial charge is 0.376 e. The van der Waals surface area contributed by atoms with Gasteiger partial charge in [0.15, 0.2) is 0 Å². The molecule has 0 bridgehead atoms. The van der Waals surface area contributed by atoms with Gasteiger partial charge in [0.25, 0.3) is 0 Å². The van der Waals surface area contributed by atoms with Crippen molar-refractivity contribution in [2.75, 3.05) is 13.2 Å². The average molecular weight is 488 g/mol. The predicted octanol–water partition coefficient (Wildman–Crippen LogP) is 3.31. The first-order chi connectivity index (χ1) is 16.5. The first kappa shape index (κ1) is 24.3. The predicted molar refractivity (Wildman–Crippen MR) is 126 cm³/mol. The standard InChI is InChI=1S/C25H30FN3O4S/c26-18-11-9-17(10-12-18)22(23(30)27-15-20-7-3-13-33-20)29(16-21-8-4-14-34-21)25(32)24(31)28-19-5-1-2-6-19/h4,8-12,14,19-20,22H,1-3,5-7,13,15-16H2,(H,27,30)(H,28,31)/t20-,22-/m0/s1. The number of nitrogens with zero attached hydrogens (tertiary/aromatic N) is 1. The van der Waals surface area contributed by atoms with E-state index < -0.39 is 29.6 Å². The van der Waals surface area contributed by atoms with Crippen LogP contribution in [0.5, 0.6) is 0 Å². The summed E-state index contributed by atoms with van der Waals surface area (Å²) in [4.78, 5) is 41.9. The van der Waals surface area contributed by atoms with E-state index in [1.54, 1.807) is 0 Å². The first-order valence-electron chi connectivity index (χ1n) is 11.8. The molecule has 2 heterocycles. The van der Waals surface area contributed by atoms with Crippen molar-refractivity contribution in [2.24, 2.45) is 0 Å². The van der Waals surface area contributed by atoms with Crippen LogP contribution in [0.15, 0.2) is 41.8 Å². The Morgan fingerprint density at radius 3 is 2.50 bits per heavy atom. The molecular formula is C25H30FN3O4S. The van der Waals surface area contributed by atoms with E-state index in [9.17, 15) is 18.8 Å². The number of carbonyl (C=O) groups is 3. The van der Waals surface area contributed by atoms with E-state index in [0.29, 0.717) is 18.7 Å². The van der Waals surface area contributed by atoms with Gasteiger partial charge in [-0.25, -0.2) is 4.39 Å². The normalized spacial score (nSPS) is 19.0. The smallest absolute Gasteiger partial charge is 0.313 e. The molecule has 1 aliphatic carbocycles. The Hall–Kier alpha value is -2.78. The van der Waals surface area contributed by atoms with Crippen LogP contribution in [0.1, 0.15) is 55.0 Å². The van der Waals surface area contributed by atoms with Gasteiger partial charge >= 0.3 is 11.8 Å². The zero-order chi connectivity index (χ0) is 23.9. The molecule has 1 saturated carbocycles. The maximum absolute atomic E-state index is 13.7. The van der Waals surface area contributed by atoms with E-state index in [1.807, 2.05) is 17.5 Å². The minimum Gasteiger partial charge on any atom is -0.376 e. The molecule has 34 heavy (non-hydrogen) atoms. The van der Waals surface area contributed by atoms with Crippen molar-refractivity contribution >= 4 is 29.1 Å². The van der Waals surface area contributed by atoms with Gasteiger partial charge in [0.05, 0.1) is 12.6 Å². The molecule has 2 aromatic rings. The second-order valence-electron chi connectivity index (χ2n) is 8.80. The number of carbonyl (C=O) groups excluding carboxylic acids is 3. The summed E-state index contributed by atoms with van der Waals surface area (Å²) in [5, 5.41) is 7.59. The Labute approximate surface area is 202 Å². The summed E-state index contributed by atoms with van der Waals surface area (Å²) >= 11 is 1.44. The van der Waals surface area contributed by atoms with E-state index >= 15 is 0 Å². The zero-order valence-electron chi connectivity index (χ0n) is 19.0. The van der Waals surface area contributed by atoms with E-state index in [-0.39, 0.29) is 18.7 Å².